The number of rotatable bonds is 5. The van der Waals surface area contributed by atoms with Crippen LogP contribution in [-0.2, 0) is 15.4 Å². The summed E-state index contributed by atoms with van der Waals surface area (Å²) in [7, 11) is -2.39. The Balaban J connectivity index is 2.55. The lowest BCUT2D eigenvalue weighted by Gasteiger charge is -2.18. The van der Waals surface area contributed by atoms with Gasteiger partial charge in [-0.25, -0.2) is 8.42 Å². The summed E-state index contributed by atoms with van der Waals surface area (Å²) in [5.74, 6) is 0.390. The van der Waals surface area contributed by atoms with E-state index in [-0.39, 0.29) is 16.6 Å². The molecular formula is C17H24ClN3O3S. The minimum Gasteiger partial charge on any atom is -0.495 e. The Morgan fingerprint density at radius 1 is 1.28 bits per heavy atom. The predicted octanol–water partition coefficient (Wildman–Crippen LogP) is 4.22. The fourth-order valence-electron chi connectivity index (χ4n) is 2.32. The first-order valence-electron chi connectivity index (χ1n) is 7.91. The van der Waals surface area contributed by atoms with Gasteiger partial charge in [0.15, 0.2) is 0 Å². The van der Waals surface area contributed by atoms with Gasteiger partial charge in [0.2, 0.25) is 0 Å². The molecule has 0 bridgehead atoms. The topological polar surface area (TPSA) is 73.2 Å². The van der Waals surface area contributed by atoms with Crippen LogP contribution in [0.1, 0.15) is 46.4 Å². The smallest absolute Gasteiger partial charge is 0.265 e. The first kappa shape index (κ1) is 19.6. The number of hydrogen-bond donors (Lipinski definition) is 1. The molecule has 1 heterocycles. The zero-order valence-corrected chi connectivity index (χ0v) is 16.9. The van der Waals surface area contributed by atoms with Crippen molar-refractivity contribution in [1.82, 2.24) is 9.78 Å². The standard InChI is InChI=1S/C17H24ClN3O3S/c1-11(2)21-10-15(16(19-21)17(3,4)5)25(22,23)20-13-9-12(18)7-8-14(13)24-6/h7-11,20H,1-6H3. The van der Waals surface area contributed by atoms with Gasteiger partial charge in [0.25, 0.3) is 10.0 Å². The molecule has 138 valence electrons. The number of sulfonamides is 1. The van der Waals surface area contributed by atoms with Crippen LogP contribution < -0.4 is 9.46 Å². The molecule has 0 aliphatic heterocycles. The largest absolute Gasteiger partial charge is 0.495 e. The monoisotopic (exact) mass is 385 g/mol. The average molecular weight is 386 g/mol. The highest BCUT2D eigenvalue weighted by Gasteiger charge is 2.31. The van der Waals surface area contributed by atoms with Gasteiger partial charge in [-0.1, -0.05) is 32.4 Å². The number of aromatic nitrogens is 2. The van der Waals surface area contributed by atoms with Crippen molar-refractivity contribution in [3.63, 3.8) is 0 Å². The number of nitrogens with zero attached hydrogens (tertiary/aromatic N) is 2. The van der Waals surface area contributed by atoms with Crippen molar-refractivity contribution in [2.24, 2.45) is 0 Å². The normalized spacial score (nSPS) is 12.5. The van der Waals surface area contributed by atoms with E-state index >= 15 is 0 Å². The van der Waals surface area contributed by atoms with E-state index in [4.69, 9.17) is 16.3 Å². The molecule has 0 fully saturated rings. The molecule has 0 aliphatic carbocycles. The Morgan fingerprint density at radius 2 is 1.92 bits per heavy atom. The molecule has 8 heteroatoms. The van der Waals surface area contributed by atoms with Gasteiger partial charge >= 0.3 is 0 Å². The molecule has 0 atom stereocenters. The summed E-state index contributed by atoms with van der Waals surface area (Å²) in [6.45, 7) is 9.68. The minimum absolute atomic E-state index is 0.0470. The molecule has 2 aromatic rings. The van der Waals surface area contributed by atoms with Crippen molar-refractivity contribution < 1.29 is 13.2 Å². The zero-order chi connectivity index (χ0) is 19.0. The molecule has 1 aromatic heterocycles. The highest BCUT2D eigenvalue weighted by molar-refractivity contribution is 7.92. The maximum absolute atomic E-state index is 13.0. The average Bonchev–Trinajstić information content (AvgIpc) is 2.93. The number of benzene rings is 1. The van der Waals surface area contributed by atoms with Crippen LogP contribution in [0.4, 0.5) is 5.69 Å². The second-order valence-corrected chi connectivity index (χ2v) is 9.20. The molecule has 25 heavy (non-hydrogen) atoms. The fourth-order valence-corrected chi connectivity index (χ4v) is 3.89. The maximum atomic E-state index is 13.0. The molecule has 0 saturated heterocycles. The van der Waals surface area contributed by atoms with Gasteiger partial charge < -0.3 is 4.74 Å². The fraction of sp³-hybridized carbons (Fsp3) is 0.471. The van der Waals surface area contributed by atoms with E-state index in [1.807, 2.05) is 34.6 Å². The number of ether oxygens (including phenoxy) is 1. The summed E-state index contributed by atoms with van der Waals surface area (Å²) >= 11 is 5.99. The Kier molecular flexibility index (Phi) is 5.39. The summed E-state index contributed by atoms with van der Waals surface area (Å²) in [5.41, 5.74) is 0.365. The molecule has 0 amide bonds. The van der Waals surface area contributed by atoms with Crippen LogP contribution in [0.3, 0.4) is 0 Å². The zero-order valence-electron chi connectivity index (χ0n) is 15.3. The molecular weight excluding hydrogens is 362 g/mol. The van der Waals surface area contributed by atoms with Gasteiger partial charge in [0.05, 0.1) is 18.5 Å². The van der Waals surface area contributed by atoms with E-state index in [2.05, 4.69) is 9.82 Å². The summed E-state index contributed by atoms with van der Waals surface area (Å²) in [5, 5.41) is 4.90. The lowest BCUT2D eigenvalue weighted by atomic mass is 9.92. The third kappa shape index (κ3) is 4.27. The van der Waals surface area contributed by atoms with Crippen LogP contribution >= 0.6 is 11.6 Å². The molecule has 0 saturated carbocycles. The van der Waals surface area contributed by atoms with Crippen LogP contribution in [0.25, 0.3) is 0 Å². The van der Waals surface area contributed by atoms with E-state index in [1.54, 1.807) is 23.0 Å². The molecule has 1 aromatic carbocycles. The van der Waals surface area contributed by atoms with Gasteiger partial charge in [0.1, 0.15) is 10.6 Å². The van der Waals surface area contributed by atoms with Gasteiger partial charge in [-0.15, -0.1) is 0 Å². The predicted molar refractivity (Wildman–Crippen MR) is 100 cm³/mol. The lowest BCUT2D eigenvalue weighted by molar-refractivity contribution is 0.417. The van der Waals surface area contributed by atoms with Crippen LogP contribution in [0.15, 0.2) is 29.3 Å². The third-order valence-electron chi connectivity index (χ3n) is 3.63. The minimum atomic E-state index is -3.86. The molecule has 0 unspecified atom stereocenters. The SMILES string of the molecule is COc1ccc(Cl)cc1NS(=O)(=O)c1cn(C(C)C)nc1C(C)(C)C. The first-order valence-corrected chi connectivity index (χ1v) is 9.78. The quantitative estimate of drug-likeness (QED) is 0.836. The summed E-state index contributed by atoms with van der Waals surface area (Å²) < 4.78 is 35.5. The summed E-state index contributed by atoms with van der Waals surface area (Å²) in [6, 6.07) is 4.81. The maximum Gasteiger partial charge on any atom is 0.265 e. The number of methoxy groups -OCH3 is 1. The van der Waals surface area contributed by atoms with Crippen LogP contribution in [0.2, 0.25) is 5.02 Å². The second kappa shape index (κ2) is 6.88. The Bertz CT molecular complexity index is 868. The number of hydrogen-bond acceptors (Lipinski definition) is 4. The molecule has 0 radical (unpaired) electrons. The van der Waals surface area contributed by atoms with Gasteiger partial charge in [-0.05, 0) is 32.0 Å². The van der Waals surface area contributed by atoms with Crippen molar-refractivity contribution in [2.75, 3.05) is 11.8 Å². The van der Waals surface area contributed by atoms with Crippen molar-refractivity contribution in [2.45, 2.75) is 51.0 Å². The second-order valence-electron chi connectivity index (χ2n) is 7.12. The highest BCUT2D eigenvalue weighted by Crippen LogP contribution is 2.33. The first-order chi connectivity index (χ1) is 11.5. The molecule has 0 spiro atoms. The Morgan fingerprint density at radius 3 is 2.44 bits per heavy atom. The molecule has 2 rings (SSSR count). The Labute approximate surface area is 154 Å². The van der Waals surface area contributed by atoms with Gasteiger partial charge in [0, 0.05) is 22.7 Å². The highest BCUT2D eigenvalue weighted by atomic mass is 35.5. The van der Waals surface area contributed by atoms with E-state index in [0.717, 1.165) is 0 Å². The van der Waals surface area contributed by atoms with Crippen molar-refractivity contribution in [3.8, 4) is 5.75 Å². The van der Waals surface area contributed by atoms with Crippen molar-refractivity contribution in [3.05, 3.63) is 35.1 Å². The molecule has 0 aliphatic rings. The number of nitrogens with one attached hydrogen (secondary N) is 1. The van der Waals surface area contributed by atoms with Gasteiger partial charge in [-0.2, -0.15) is 5.10 Å². The summed E-state index contributed by atoms with van der Waals surface area (Å²) in [6.07, 6.45) is 1.56. The van der Waals surface area contributed by atoms with E-state index in [9.17, 15) is 8.42 Å². The van der Waals surface area contributed by atoms with Crippen LogP contribution in [0, 0.1) is 0 Å². The van der Waals surface area contributed by atoms with E-state index in [1.165, 1.54) is 13.2 Å². The molecule has 1 N–H and O–H groups in total. The van der Waals surface area contributed by atoms with Crippen LogP contribution in [-0.4, -0.2) is 25.3 Å². The van der Waals surface area contributed by atoms with Crippen LogP contribution in [0.5, 0.6) is 5.75 Å². The van der Waals surface area contributed by atoms with E-state index < -0.39 is 15.4 Å². The number of halogens is 1. The molecule has 6 nitrogen and oxygen atoms in total. The van der Waals surface area contributed by atoms with E-state index in [0.29, 0.717) is 16.5 Å². The van der Waals surface area contributed by atoms with Crippen molar-refractivity contribution >= 4 is 27.3 Å². The van der Waals surface area contributed by atoms with Crippen molar-refractivity contribution in [1.29, 1.82) is 0 Å². The third-order valence-corrected chi connectivity index (χ3v) is 5.23. The Hall–Kier alpha value is -1.73. The number of anilines is 1. The summed E-state index contributed by atoms with van der Waals surface area (Å²) in [4.78, 5) is 0.149. The van der Waals surface area contributed by atoms with Gasteiger partial charge in [-0.3, -0.25) is 9.40 Å². The lowest BCUT2D eigenvalue weighted by Crippen LogP contribution is -2.20.